The van der Waals surface area contributed by atoms with E-state index in [0.717, 1.165) is 36.3 Å². The van der Waals surface area contributed by atoms with Crippen LogP contribution in [0.1, 0.15) is 19.8 Å². The van der Waals surface area contributed by atoms with Gasteiger partial charge in [-0.1, -0.05) is 0 Å². The summed E-state index contributed by atoms with van der Waals surface area (Å²) in [5.74, 6) is 0.783. The number of aryl methyl sites for hydroxylation is 2. The Morgan fingerprint density at radius 1 is 1.20 bits per heavy atom. The molecule has 25 heavy (non-hydrogen) atoms. The summed E-state index contributed by atoms with van der Waals surface area (Å²) in [5, 5.41) is 4.29. The van der Waals surface area contributed by atoms with E-state index in [2.05, 4.69) is 10.1 Å². The number of hydrogen-bond donors (Lipinski definition) is 0. The van der Waals surface area contributed by atoms with Crippen molar-refractivity contribution in [2.45, 2.75) is 31.2 Å². The van der Waals surface area contributed by atoms with Crippen LogP contribution in [0.25, 0.3) is 22.4 Å². The largest absolute Gasteiger partial charge is 0.327 e. The smallest absolute Gasteiger partial charge is 0.243 e. The van der Waals surface area contributed by atoms with E-state index >= 15 is 0 Å². The predicted octanol–water partition coefficient (Wildman–Crippen LogP) is 2.24. The van der Waals surface area contributed by atoms with Crippen LogP contribution in [0.2, 0.25) is 0 Å². The molecule has 1 aromatic carbocycles. The highest BCUT2D eigenvalue weighted by Gasteiger charge is 2.27. The van der Waals surface area contributed by atoms with Gasteiger partial charge in [-0.25, -0.2) is 13.4 Å². The highest BCUT2D eigenvalue weighted by Crippen LogP contribution is 2.27. The third-order valence-electron chi connectivity index (χ3n) is 4.77. The zero-order chi connectivity index (χ0) is 17.6. The van der Waals surface area contributed by atoms with E-state index in [-0.39, 0.29) is 0 Å². The molecule has 1 aliphatic rings. The molecule has 2 aromatic heterocycles. The first kappa shape index (κ1) is 16.3. The Morgan fingerprint density at radius 3 is 2.64 bits per heavy atom. The normalized spacial score (nSPS) is 16.1. The zero-order valence-corrected chi connectivity index (χ0v) is 15.2. The maximum absolute atomic E-state index is 12.8. The van der Waals surface area contributed by atoms with Crippen molar-refractivity contribution in [3.63, 3.8) is 0 Å². The van der Waals surface area contributed by atoms with Crippen LogP contribution in [0.5, 0.6) is 0 Å². The summed E-state index contributed by atoms with van der Waals surface area (Å²) in [7, 11) is -1.50. The van der Waals surface area contributed by atoms with Gasteiger partial charge in [-0.3, -0.25) is 4.68 Å². The molecule has 0 saturated carbocycles. The first-order valence-electron chi connectivity index (χ1n) is 8.50. The number of fused-ring (bicyclic) bond motifs is 1. The van der Waals surface area contributed by atoms with Crippen molar-refractivity contribution >= 4 is 21.1 Å². The van der Waals surface area contributed by atoms with Crippen LogP contribution in [0.4, 0.5) is 0 Å². The lowest BCUT2D eigenvalue weighted by atomic mass is 10.3. The van der Waals surface area contributed by atoms with Crippen LogP contribution in [0, 0.1) is 0 Å². The maximum atomic E-state index is 12.8. The van der Waals surface area contributed by atoms with Crippen LogP contribution < -0.4 is 0 Å². The Kier molecular flexibility index (Phi) is 3.88. The Morgan fingerprint density at radius 2 is 1.96 bits per heavy atom. The molecule has 1 saturated heterocycles. The average molecular weight is 359 g/mol. The van der Waals surface area contributed by atoms with Gasteiger partial charge in [0.25, 0.3) is 0 Å². The average Bonchev–Trinajstić information content (AvgIpc) is 3.34. The van der Waals surface area contributed by atoms with Gasteiger partial charge in [0.15, 0.2) is 0 Å². The number of aromatic nitrogens is 4. The van der Waals surface area contributed by atoms with E-state index in [4.69, 9.17) is 0 Å². The first-order chi connectivity index (χ1) is 12.0. The lowest BCUT2D eigenvalue weighted by Crippen LogP contribution is -2.27. The molecule has 3 aromatic rings. The van der Waals surface area contributed by atoms with E-state index in [1.165, 1.54) is 0 Å². The van der Waals surface area contributed by atoms with E-state index in [1.54, 1.807) is 22.6 Å². The summed E-state index contributed by atoms with van der Waals surface area (Å²) in [6.07, 6.45) is 5.59. The van der Waals surface area contributed by atoms with E-state index in [0.29, 0.717) is 23.5 Å². The van der Waals surface area contributed by atoms with Gasteiger partial charge in [-0.15, -0.1) is 0 Å². The van der Waals surface area contributed by atoms with E-state index in [9.17, 15) is 8.42 Å². The van der Waals surface area contributed by atoms with Crippen molar-refractivity contribution in [3.05, 3.63) is 30.6 Å². The third-order valence-corrected chi connectivity index (χ3v) is 6.67. The highest BCUT2D eigenvalue weighted by atomic mass is 32.2. The van der Waals surface area contributed by atoms with Gasteiger partial charge in [-0.2, -0.15) is 9.40 Å². The fraction of sp³-hybridized carbons (Fsp3) is 0.412. The van der Waals surface area contributed by atoms with Gasteiger partial charge in [-0.05, 0) is 38.0 Å². The quantitative estimate of drug-likeness (QED) is 0.716. The van der Waals surface area contributed by atoms with Gasteiger partial charge in [0.1, 0.15) is 5.82 Å². The fourth-order valence-electron chi connectivity index (χ4n) is 3.33. The minimum atomic E-state index is -3.43. The number of sulfonamides is 1. The van der Waals surface area contributed by atoms with Crippen molar-refractivity contribution in [2.24, 2.45) is 7.05 Å². The SMILES string of the molecule is CCn1cc(-c2nc3cc(S(=O)(=O)N4CCCC4)ccc3n2C)cn1. The van der Waals surface area contributed by atoms with Crippen molar-refractivity contribution in [1.82, 2.24) is 23.6 Å². The zero-order valence-electron chi connectivity index (χ0n) is 14.4. The molecular formula is C17H21N5O2S. The molecule has 1 fully saturated rings. The van der Waals surface area contributed by atoms with Crippen molar-refractivity contribution in [2.75, 3.05) is 13.1 Å². The molecule has 132 valence electrons. The summed E-state index contributed by atoms with van der Waals surface area (Å²) >= 11 is 0. The topological polar surface area (TPSA) is 73.0 Å². The molecule has 3 heterocycles. The highest BCUT2D eigenvalue weighted by molar-refractivity contribution is 7.89. The molecule has 8 heteroatoms. The van der Waals surface area contributed by atoms with Gasteiger partial charge < -0.3 is 4.57 Å². The molecule has 4 rings (SSSR count). The summed E-state index contributed by atoms with van der Waals surface area (Å²) in [4.78, 5) is 4.97. The summed E-state index contributed by atoms with van der Waals surface area (Å²) < 4.78 is 30.9. The number of benzene rings is 1. The van der Waals surface area contributed by atoms with Gasteiger partial charge in [0, 0.05) is 32.9 Å². The Bertz CT molecular complexity index is 1030. The predicted molar refractivity (Wildman–Crippen MR) is 95.6 cm³/mol. The number of hydrogen-bond acceptors (Lipinski definition) is 4. The Hall–Kier alpha value is -2.19. The Labute approximate surface area is 146 Å². The van der Waals surface area contributed by atoms with E-state index < -0.39 is 10.0 Å². The van der Waals surface area contributed by atoms with Crippen LogP contribution >= 0.6 is 0 Å². The third kappa shape index (κ3) is 2.65. The lowest BCUT2D eigenvalue weighted by Gasteiger charge is -2.15. The number of imidazole rings is 1. The molecule has 0 aliphatic carbocycles. The second kappa shape index (κ2) is 5.96. The molecule has 1 aliphatic heterocycles. The minimum Gasteiger partial charge on any atom is -0.327 e. The minimum absolute atomic E-state index is 0.316. The van der Waals surface area contributed by atoms with Gasteiger partial charge >= 0.3 is 0 Å². The van der Waals surface area contributed by atoms with Gasteiger partial charge in [0.05, 0.1) is 27.7 Å². The summed E-state index contributed by atoms with van der Waals surface area (Å²) in [5.41, 5.74) is 2.51. The molecule has 0 bridgehead atoms. The maximum Gasteiger partial charge on any atom is 0.243 e. The molecule has 0 spiro atoms. The van der Waals surface area contributed by atoms with Crippen LogP contribution in [0.15, 0.2) is 35.5 Å². The summed E-state index contributed by atoms with van der Waals surface area (Å²) in [6.45, 7) is 4.03. The molecule has 0 atom stereocenters. The second-order valence-corrected chi connectivity index (χ2v) is 8.28. The fourth-order valence-corrected chi connectivity index (χ4v) is 4.87. The van der Waals surface area contributed by atoms with Crippen molar-refractivity contribution in [1.29, 1.82) is 0 Å². The van der Waals surface area contributed by atoms with Crippen molar-refractivity contribution in [3.8, 4) is 11.4 Å². The van der Waals surface area contributed by atoms with Gasteiger partial charge in [0.2, 0.25) is 10.0 Å². The molecule has 7 nitrogen and oxygen atoms in total. The van der Waals surface area contributed by atoms with Crippen molar-refractivity contribution < 1.29 is 8.42 Å². The molecule has 0 unspecified atom stereocenters. The van der Waals surface area contributed by atoms with Crippen LogP contribution in [-0.4, -0.2) is 45.1 Å². The Balaban J connectivity index is 1.79. The molecule has 0 N–H and O–H groups in total. The molecular weight excluding hydrogens is 338 g/mol. The summed E-state index contributed by atoms with van der Waals surface area (Å²) in [6, 6.07) is 5.19. The molecule has 0 radical (unpaired) electrons. The number of nitrogens with zero attached hydrogens (tertiary/aromatic N) is 5. The monoisotopic (exact) mass is 359 g/mol. The van der Waals surface area contributed by atoms with E-state index in [1.807, 2.05) is 35.5 Å². The first-order valence-corrected chi connectivity index (χ1v) is 9.94. The standard InChI is InChI=1S/C17H21N5O2S/c1-3-21-12-13(11-18-21)17-19-15-10-14(6-7-16(15)20(17)2)25(23,24)22-8-4-5-9-22/h6-7,10-12H,3-5,8-9H2,1-2H3. The lowest BCUT2D eigenvalue weighted by molar-refractivity contribution is 0.477. The number of rotatable bonds is 4. The molecule has 0 amide bonds. The van der Waals surface area contributed by atoms with Crippen LogP contribution in [-0.2, 0) is 23.6 Å². The second-order valence-electron chi connectivity index (χ2n) is 6.34. The van der Waals surface area contributed by atoms with Crippen LogP contribution in [0.3, 0.4) is 0 Å².